The summed E-state index contributed by atoms with van der Waals surface area (Å²) in [4.78, 5) is 18.8. The molecule has 2 heterocycles. The monoisotopic (exact) mass is 635 g/mol. The number of nitrogens with two attached hydrogens (primary N) is 1. The van der Waals surface area contributed by atoms with Gasteiger partial charge in [0.2, 0.25) is 10.0 Å². The van der Waals surface area contributed by atoms with Gasteiger partial charge in [-0.3, -0.25) is 19.5 Å². The van der Waals surface area contributed by atoms with Crippen molar-refractivity contribution < 1.29 is 35.9 Å². The van der Waals surface area contributed by atoms with Gasteiger partial charge in [0.15, 0.2) is 5.75 Å². The number of nitrogens with zero attached hydrogens (tertiary/aromatic N) is 3. The Morgan fingerprint density at radius 1 is 1.20 bits per heavy atom. The first-order chi connectivity index (χ1) is 20.9. The SMILES string of the molecule is CCOC(=O)CS(=O)(=O)N(C/C=C/c1cccc(C(=N)N)c1)c1ccc(OC2CCN(C3=NCCC3)CC2)c(C(F)(F)F)c1. The fraction of sp³-hybridized carbons (Fsp3) is 0.433. The minimum atomic E-state index is -4.84. The summed E-state index contributed by atoms with van der Waals surface area (Å²) in [5.41, 5.74) is 5.17. The zero-order valence-corrected chi connectivity index (χ0v) is 25.2. The molecule has 238 valence electrons. The van der Waals surface area contributed by atoms with Gasteiger partial charge >= 0.3 is 12.1 Å². The molecule has 0 saturated carbocycles. The number of anilines is 1. The lowest BCUT2D eigenvalue weighted by molar-refractivity contribution is -0.140. The standard InChI is InChI=1S/C30H36F3N5O5S/c1-2-42-28(39)20-44(40,41)38(15-5-7-21-6-3-8-22(18-21)29(34)35)23-10-11-26(25(19-23)30(31,32)33)43-24-12-16-37(17-13-24)27-9-4-14-36-27/h3,5-8,10-11,18-19,24H,2,4,9,12-17,20H2,1H3,(H3,34,35)/b7-5+. The molecule has 0 atom stereocenters. The van der Waals surface area contributed by atoms with Crippen LogP contribution in [0.15, 0.2) is 53.5 Å². The number of hydrogen-bond donors (Lipinski definition) is 2. The number of esters is 1. The van der Waals surface area contributed by atoms with Crippen molar-refractivity contribution in [2.45, 2.75) is 44.9 Å². The molecule has 0 amide bonds. The average molecular weight is 636 g/mol. The second kappa shape index (κ2) is 14.1. The number of ether oxygens (including phenoxy) is 2. The number of nitrogen functional groups attached to an aromatic ring is 1. The molecule has 4 rings (SSSR count). The molecule has 0 aliphatic carbocycles. The van der Waals surface area contributed by atoms with Gasteiger partial charge in [-0.2, -0.15) is 13.2 Å². The van der Waals surface area contributed by atoms with Crippen LogP contribution < -0.4 is 14.8 Å². The first-order valence-electron chi connectivity index (χ1n) is 14.3. The molecule has 10 nitrogen and oxygen atoms in total. The number of amidine groups is 2. The van der Waals surface area contributed by atoms with E-state index in [1.165, 1.54) is 19.1 Å². The van der Waals surface area contributed by atoms with Crippen LogP contribution >= 0.6 is 0 Å². The van der Waals surface area contributed by atoms with Crippen LogP contribution in [0.5, 0.6) is 5.75 Å². The van der Waals surface area contributed by atoms with Gasteiger partial charge < -0.3 is 20.1 Å². The molecule has 1 fully saturated rings. The smallest absolute Gasteiger partial charge is 0.420 e. The number of nitrogens with one attached hydrogen (secondary N) is 1. The summed E-state index contributed by atoms with van der Waals surface area (Å²) in [6.07, 6.45) is 0.638. The van der Waals surface area contributed by atoms with E-state index in [-0.39, 0.29) is 24.7 Å². The normalized spacial score (nSPS) is 16.2. The number of halogens is 3. The van der Waals surface area contributed by atoms with Crippen molar-refractivity contribution >= 4 is 39.4 Å². The predicted molar refractivity (Wildman–Crippen MR) is 162 cm³/mol. The van der Waals surface area contributed by atoms with Crippen molar-refractivity contribution in [3.63, 3.8) is 0 Å². The molecule has 0 bridgehead atoms. The van der Waals surface area contributed by atoms with E-state index < -0.39 is 45.3 Å². The summed E-state index contributed by atoms with van der Waals surface area (Å²) in [5.74, 6) is -1.60. The van der Waals surface area contributed by atoms with E-state index in [0.29, 0.717) is 37.1 Å². The van der Waals surface area contributed by atoms with Gasteiger partial charge in [0.25, 0.3) is 0 Å². The number of alkyl halides is 3. The Labute approximate surface area is 254 Å². The molecule has 2 aromatic carbocycles. The Kier molecular flexibility index (Phi) is 10.6. The molecule has 3 N–H and O–H groups in total. The van der Waals surface area contributed by atoms with Crippen LogP contribution in [0.3, 0.4) is 0 Å². The van der Waals surface area contributed by atoms with Crippen molar-refractivity contribution in [2.24, 2.45) is 10.7 Å². The maximum Gasteiger partial charge on any atom is 0.420 e. The maximum atomic E-state index is 14.3. The molecule has 2 aromatic rings. The lowest BCUT2D eigenvalue weighted by Crippen LogP contribution is -2.41. The highest BCUT2D eigenvalue weighted by molar-refractivity contribution is 7.93. The number of carbonyl (C=O) groups is 1. The summed E-state index contributed by atoms with van der Waals surface area (Å²) >= 11 is 0. The van der Waals surface area contributed by atoms with Crippen LogP contribution in [0.2, 0.25) is 0 Å². The van der Waals surface area contributed by atoms with Crippen molar-refractivity contribution in [1.29, 1.82) is 5.41 Å². The number of rotatable bonds is 11. The number of carbonyl (C=O) groups excluding carboxylic acids is 1. The molecule has 0 radical (unpaired) electrons. The summed E-state index contributed by atoms with van der Waals surface area (Å²) in [6.45, 7) is 3.13. The first kappa shape index (κ1) is 32.8. The first-order valence-corrected chi connectivity index (χ1v) is 15.9. The highest BCUT2D eigenvalue weighted by atomic mass is 32.2. The number of sulfonamides is 1. The Bertz CT molecular complexity index is 1520. The second-order valence-corrected chi connectivity index (χ2v) is 12.3. The minimum Gasteiger partial charge on any atom is -0.490 e. The topological polar surface area (TPSA) is 138 Å². The molecule has 1 saturated heterocycles. The van der Waals surface area contributed by atoms with E-state index in [4.69, 9.17) is 20.6 Å². The fourth-order valence-corrected chi connectivity index (χ4v) is 6.38. The Hall–Kier alpha value is -4.07. The highest BCUT2D eigenvalue weighted by Gasteiger charge is 2.37. The molecular formula is C30H36F3N5O5S. The lowest BCUT2D eigenvalue weighted by Gasteiger charge is -2.34. The molecule has 14 heteroatoms. The van der Waals surface area contributed by atoms with Gasteiger partial charge in [-0.15, -0.1) is 0 Å². The lowest BCUT2D eigenvalue weighted by atomic mass is 10.1. The van der Waals surface area contributed by atoms with Gasteiger partial charge in [-0.25, -0.2) is 8.42 Å². The van der Waals surface area contributed by atoms with Crippen molar-refractivity contribution in [3.8, 4) is 5.75 Å². The zero-order valence-electron chi connectivity index (χ0n) is 24.3. The summed E-state index contributed by atoms with van der Waals surface area (Å²) < 4.78 is 80.9. The quantitative estimate of drug-likeness (QED) is 0.212. The summed E-state index contributed by atoms with van der Waals surface area (Å²) in [5, 5.41) is 7.60. The van der Waals surface area contributed by atoms with E-state index in [0.717, 1.165) is 41.7 Å². The van der Waals surface area contributed by atoms with Crippen LogP contribution in [0, 0.1) is 5.41 Å². The average Bonchev–Trinajstić information content (AvgIpc) is 3.51. The van der Waals surface area contributed by atoms with E-state index in [2.05, 4.69) is 9.89 Å². The van der Waals surface area contributed by atoms with Crippen LogP contribution in [0.25, 0.3) is 6.08 Å². The number of hydrogen-bond acceptors (Lipinski definition) is 8. The Morgan fingerprint density at radius 3 is 2.59 bits per heavy atom. The molecule has 2 aliphatic rings. The zero-order chi connectivity index (χ0) is 31.9. The fourth-order valence-electron chi connectivity index (χ4n) is 5.09. The van der Waals surface area contributed by atoms with Crippen LogP contribution in [-0.2, 0) is 25.7 Å². The molecule has 0 spiro atoms. The molecule has 2 aliphatic heterocycles. The predicted octanol–water partition coefficient (Wildman–Crippen LogP) is 4.44. The van der Waals surface area contributed by atoms with Crippen LogP contribution in [0.1, 0.15) is 49.3 Å². The summed E-state index contributed by atoms with van der Waals surface area (Å²) in [7, 11) is -4.46. The van der Waals surface area contributed by atoms with Gasteiger partial charge in [-0.05, 0) is 43.2 Å². The molecule has 0 aromatic heterocycles. The third kappa shape index (κ3) is 8.52. The molecule has 0 unspecified atom stereocenters. The van der Waals surface area contributed by atoms with E-state index in [9.17, 15) is 26.4 Å². The van der Waals surface area contributed by atoms with Crippen molar-refractivity contribution in [3.05, 3.63) is 65.2 Å². The molecule has 44 heavy (non-hydrogen) atoms. The van der Waals surface area contributed by atoms with Gasteiger partial charge in [-0.1, -0.05) is 30.4 Å². The maximum absolute atomic E-state index is 14.3. The van der Waals surface area contributed by atoms with E-state index in [1.54, 1.807) is 30.3 Å². The molecular weight excluding hydrogens is 599 g/mol. The van der Waals surface area contributed by atoms with Crippen molar-refractivity contribution in [1.82, 2.24) is 4.90 Å². The highest BCUT2D eigenvalue weighted by Crippen LogP contribution is 2.40. The Balaban J connectivity index is 1.60. The second-order valence-electron chi connectivity index (χ2n) is 10.4. The van der Waals surface area contributed by atoms with Crippen LogP contribution in [-0.4, -0.2) is 75.6 Å². The minimum absolute atomic E-state index is 0.0575. The van der Waals surface area contributed by atoms with Gasteiger partial charge in [0.1, 0.15) is 17.7 Å². The number of piperidine rings is 1. The van der Waals surface area contributed by atoms with Crippen molar-refractivity contribution in [2.75, 3.05) is 42.8 Å². The van der Waals surface area contributed by atoms with E-state index >= 15 is 0 Å². The number of likely N-dealkylation sites (tertiary alicyclic amines) is 1. The van der Waals surface area contributed by atoms with E-state index in [1.807, 2.05) is 0 Å². The third-order valence-electron chi connectivity index (χ3n) is 7.23. The number of benzene rings is 2. The van der Waals surface area contributed by atoms with Crippen LogP contribution in [0.4, 0.5) is 18.9 Å². The largest absolute Gasteiger partial charge is 0.490 e. The Morgan fingerprint density at radius 2 is 1.95 bits per heavy atom. The number of aliphatic imine (C=N–C) groups is 1. The third-order valence-corrected chi connectivity index (χ3v) is 8.86. The van der Waals surface area contributed by atoms with Gasteiger partial charge in [0.05, 0.1) is 30.2 Å². The summed E-state index contributed by atoms with van der Waals surface area (Å²) in [6, 6.07) is 9.68. The van der Waals surface area contributed by atoms with Gasteiger partial charge in [0, 0.05) is 44.5 Å².